The number of nitrogens with one attached hydrogen (secondary N) is 1. The molecule has 0 radical (unpaired) electrons. The van der Waals surface area contributed by atoms with Gasteiger partial charge in [-0.2, -0.15) is 0 Å². The summed E-state index contributed by atoms with van der Waals surface area (Å²) in [6.45, 7) is 3.88. The molecule has 2 heterocycles. The second kappa shape index (κ2) is 10.3. The molecule has 0 bridgehead atoms. The van der Waals surface area contributed by atoms with E-state index in [0.717, 1.165) is 31.9 Å². The first-order chi connectivity index (χ1) is 15.1. The van der Waals surface area contributed by atoms with Gasteiger partial charge in [0.05, 0.1) is 16.3 Å². The highest BCUT2D eigenvalue weighted by atomic mass is 35.5. The molecule has 2 aliphatic rings. The summed E-state index contributed by atoms with van der Waals surface area (Å²) in [5, 5.41) is 2.44. The van der Waals surface area contributed by atoms with Crippen molar-refractivity contribution in [3.8, 4) is 0 Å². The van der Waals surface area contributed by atoms with Gasteiger partial charge < -0.3 is 10.2 Å². The van der Waals surface area contributed by atoms with Crippen molar-refractivity contribution >= 4 is 27.5 Å². The van der Waals surface area contributed by atoms with Crippen molar-refractivity contribution in [2.24, 2.45) is 5.41 Å². The summed E-state index contributed by atoms with van der Waals surface area (Å²) in [6, 6.07) is 1.76. The molecule has 1 unspecified atom stereocenters. The average Bonchev–Trinajstić information content (AvgIpc) is 2.75. The van der Waals surface area contributed by atoms with Crippen LogP contribution in [0.4, 0.5) is 8.78 Å². The number of carbonyl (C=O) groups excluding carboxylic acids is 1. The number of carbonyl (C=O) groups is 1. The summed E-state index contributed by atoms with van der Waals surface area (Å²) < 4.78 is 54.1. The molecule has 1 atom stereocenters. The van der Waals surface area contributed by atoms with E-state index < -0.39 is 32.6 Å². The van der Waals surface area contributed by atoms with Gasteiger partial charge in [-0.25, -0.2) is 21.5 Å². The number of nitrogens with zero attached hydrogens (tertiary/aromatic N) is 2. The first-order valence-electron chi connectivity index (χ1n) is 11.2. The van der Waals surface area contributed by atoms with Crippen LogP contribution in [0.15, 0.2) is 12.1 Å². The second-order valence-corrected chi connectivity index (χ2v) is 11.5. The van der Waals surface area contributed by atoms with E-state index in [1.54, 1.807) is 4.31 Å². The minimum atomic E-state index is -3.29. The lowest BCUT2D eigenvalue weighted by Crippen LogP contribution is -2.58. The topological polar surface area (TPSA) is 69.7 Å². The fourth-order valence-corrected chi connectivity index (χ4v) is 6.85. The maximum absolute atomic E-state index is 13.8. The third-order valence-electron chi connectivity index (χ3n) is 6.89. The predicted octanol–water partition coefficient (Wildman–Crippen LogP) is 3.65. The fourth-order valence-electron chi connectivity index (χ4n) is 5.15. The van der Waals surface area contributed by atoms with Crippen LogP contribution in [-0.2, 0) is 10.0 Å². The normalized spacial score (nSPS) is 22.6. The Kier molecular flexibility index (Phi) is 8.17. The van der Waals surface area contributed by atoms with E-state index in [1.807, 2.05) is 6.92 Å². The van der Waals surface area contributed by atoms with Gasteiger partial charge >= 0.3 is 0 Å². The van der Waals surface area contributed by atoms with Gasteiger partial charge in [-0.15, -0.1) is 0 Å². The van der Waals surface area contributed by atoms with Crippen molar-refractivity contribution in [3.05, 3.63) is 34.4 Å². The van der Waals surface area contributed by atoms with E-state index >= 15 is 0 Å². The minimum Gasteiger partial charge on any atom is -0.351 e. The lowest BCUT2D eigenvalue weighted by Gasteiger charge is -2.51. The number of sulfonamides is 1. The van der Waals surface area contributed by atoms with Gasteiger partial charge in [0.2, 0.25) is 10.0 Å². The highest BCUT2D eigenvalue weighted by Gasteiger charge is 2.45. The Morgan fingerprint density at radius 2 is 1.91 bits per heavy atom. The molecule has 6 nitrogen and oxygen atoms in total. The zero-order chi connectivity index (χ0) is 23.5. The summed E-state index contributed by atoms with van der Waals surface area (Å²) in [7, 11) is -1.22. The molecule has 2 saturated heterocycles. The molecule has 1 amide bonds. The quantitative estimate of drug-likeness (QED) is 0.591. The Hall–Kier alpha value is -1.29. The molecule has 0 saturated carbocycles. The van der Waals surface area contributed by atoms with Crippen molar-refractivity contribution in [2.75, 3.05) is 39.0 Å². The Labute approximate surface area is 194 Å². The van der Waals surface area contributed by atoms with Crippen molar-refractivity contribution in [1.82, 2.24) is 14.5 Å². The van der Waals surface area contributed by atoms with E-state index in [0.29, 0.717) is 38.4 Å². The third kappa shape index (κ3) is 5.43. The van der Waals surface area contributed by atoms with Gasteiger partial charge in [0.25, 0.3) is 5.91 Å². The number of amides is 1. The summed E-state index contributed by atoms with van der Waals surface area (Å²) in [6.07, 6.45) is 4.92. The fraction of sp³-hybridized carbons (Fsp3) is 0.682. The zero-order valence-corrected chi connectivity index (χ0v) is 20.2. The minimum absolute atomic E-state index is 0.129. The standard InChI is InChI=1S/C22H32ClF2N3O3S/c1-3-12-32(30,31)28-10-7-22(8-11-28,19-6-4-5-9-27(19)2)15-26-21(29)17-13-16(24)14-18(25)20(17)23/h13-14,19H,3-12,15H2,1-2H3,(H,26,29). The van der Waals surface area contributed by atoms with E-state index in [9.17, 15) is 22.0 Å². The summed E-state index contributed by atoms with van der Waals surface area (Å²) in [5.41, 5.74) is -0.569. The molecule has 2 aliphatic heterocycles. The molecule has 0 aromatic heterocycles. The van der Waals surface area contributed by atoms with Gasteiger partial charge in [0.15, 0.2) is 0 Å². The van der Waals surface area contributed by atoms with Crippen molar-refractivity contribution in [1.29, 1.82) is 0 Å². The van der Waals surface area contributed by atoms with Gasteiger partial charge in [0.1, 0.15) is 11.6 Å². The first-order valence-corrected chi connectivity index (χ1v) is 13.2. The highest BCUT2D eigenvalue weighted by molar-refractivity contribution is 7.89. The van der Waals surface area contributed by atoms with Crippen LogP contribution in [0.2, 0.25) is 5.02 Å². The maximum atomic E-state index is 13.8. The van der Waals surface area contributed by atoms with Crippen LogP contribution in [0.1, 0.15) is 55.8 Å². The Bertz CT molecular complexity index is 937. The largest absolute Gasteiger partial charge is 0.351 e. The molecule has 180 valence electrons. The molecule has 3 rings (SSSR count). The number of likely N-dealkylation sites (tertiary alicyclic amines) is 1. The van der Waals surface area contributed by atoms with Crippen LogP contribution < -0.4 is 5.32 Å². The van der Waals surface area contributed by atoms with Crippen LogP contribution in [-0.4, -0.2) is 68.6 Å². The number of rotatable bonds is 7. The van der Waals surface area contributed by atoms with E-state index in [4.69, 9.17) is 11.6 Å². The van der Waals surface area contributed by atoms with Gasteiger partial charge in [-0.1, -0.05) is 24.9 Å². The summed E-state index contributed by atoms with van der Waals surface area (Å²) in [4.78, 5) is 15.1. The number of benzene rings is 1. The van der Waals surface area contributed by atoms with E-state index in [-0.39, 0.29) is 29.3 Å². The number of hydrogen-bond donors (Lipinski definition) is 1. The first kappa shape index (κ1) is 25.3. The summed E-state index contributed by atoms with van der Waals surface area (Å²) in [5.74, 6) is -2.35. The van der Waals surface area contributed by atoms with Crippen LogP contribution in [0, 0.1) is 17.0 Å². The van der Waals surface area contributed by atoms with Crippen LogP contribution in [0.25, 0.3) is 0 Å². The predicted molar refractivity (Wildman–Crippen MR) is 121 cm³/mol. The van der Waals surface area contributed by atoms with Crippen LogP contribution in [0.5, 0.6) is 0 Å². The molecule has 0 spiro atoms. The van der Waals surface area contributed by atoms with Crippen LogP contribution >= 0.6 is 11.6 Å². The molecule has 0 aliphatic carbocycles. The Morgan fingerprint density at radius 3 is 2.53 bits per heavy atom. The zero-order valence-electron chi connectivity index (χ0n) is 18.7. The van der Waals surface area contributed by atoms with Gasteiger partial charge in [0, 0.05) is 37.2 Å². The molecule has 1 aromatic rings. The summed E-state index contributed by atoms with van der Waals surface area (Å²) >= 11 is 5.90. The molecule has 10 heteroatoms. The second-order valence-electron chi connectivity index (χ2n) is 9.00. The Balaban J connectivity index is 1.80. The molecule has 32 heavy (non-hydrogen) atoms. The van der Waals surface area contributed by atoms with Crippen LogP contribution in [0.3, 0.4) is 0 Å². The van der Waals surface area contributed by atoms with Gasteiger partial charge in [-0.3, -0.25) is 4.79 Å². The van der Waals surface area contributed by atoms with Gasteiger partial charge in [-0.05, 0) is 51.8 Å². The maximum Gasteiger partial charge on any atom is 0.253 e. The van der Waals surface area contributed by atoms with Crippen molar-refractivity contribution in [3.63, 3.8) is 0 Å². The molecule has 1 N–H and O–H groups in total. The molecular weight excluding hydrogens is 460 g/mol. The smallest absolute Gasteiger partial charge is 0.253 e. The van der Waals surface area contributed by atoms with Crippen molar-refractivity contribution < 1.29 is 22.0 Å². The number of halogens is 3. The molecular formula is C22H32ClF2N3O3S. The van der Waals surface area contributed by atoms with Crippen molar-refractivity contribution in [2.45, 2.75) is 51.5 Å². The molecule has 2 fully saturated rings. The third-order valence-corrected chi connectivity index (χ3v) is 9.35. The Morgan fingerprint density at radius 1 is 1.22 bits per heavy atom. The molecule has 1 aromatic carbocycles. The lowest BCUT2D eigenvalue weighted by molar-refractivity contribution is 0.0131. The highest BCUT2D eigenvalue weighted by Crippen LogP contribution is 2.41. The average molecular weight is 492 g/mol. The lowest BCUT2D eigenvalue weighted by atomic mass is 9.69. The number of piperidine rings is 2. The van der Waals surface area contributed by atoms with E-state index in [1.165, 1.54) is 0 Å². The SMILES string of the molecule is CCCS(=O)(=O)N1CCC(CNC(=O)c2cc(F)cc(F)c2Cl)(C2CCCCN2C)CC1. The monoisotopic (exact) mass is 491 g/mol. The number of hydrogen-bond acceptors (Lipinski definition) is 4. The van der Waals surface area contributed by atoms with E-state index in [2.05, 4.69) is 17.3 Å².